The van der Waals surface area contributed by atoms with Crippen LogP contribution in [0.5, 0.6) is 0 Å². The number of benzene rings is 1. The molecule has 0 amide bonds. The van der Waals surface area contributed by atoms with Crippen molar-refractivity contribution in [1.82, 2.24) is 0 Å². The second-order valence-corrected chi connectivity index (χ2v) is 4.55. The van der Waals surface area contributed by atoms with E-state index in [1.807, 2.05) is 6.07 Å². The van der Waals surface area contributed by atoms with Crippen molar-refractivity contribution < 1.29 is 14.6 Å². The number of aliphatic hydroxyl groups is 1. The van der Waals surface area contributed by atoms with Gasteiger partial charge < -0.3 is 20.5 Å². The number of carbonyl (C=O) groups is 1. The molecule has 1 aromatic rings. The Labute approximate surface area is 106 Å². The van der Waals surface area contributed by atoms with Crippen LogP contribution in [0.3, 0.4) is 0 Å². The van der Waals surface area contributed by atoms with Gasteiger partial charge in [-0.2, -0.15) is 0 Å². The number of ether oxygens (including phenoxy) is 1. The molecule has 1 heterocycles. The molecule has 18 heavy (non-hydrogen) atoms. The number of rotatable bonds is 3. The highest BCUT2D eigenvalue weighted by atomic mass is 16.5. The molecular weight excluding hydrogens is 232 g/mol. The van der Waals surface area contributed by atoms with Crippen molar-refractivity contribution in [3.8, 4) is 0 Å². The zero-order chi connectivity index (χ0) is 13.1. The van der Waals surface area contributed by atoms with E-state index in [0.717, 1.165) is 25.2 Å². The van der Waals surface area contributed by atoms with Crippen LogP contribution in [0.4, 0.5) is 11.4 Å². The molecule has 2 rings (SSSR count). The smallest absolute Gasteiger partial charge is 0.337 e. The van der Waals surface area contributed by atoms with Gasteiger partial charge in [-0.15, -0.1) is 0 Å². The summed E-state index contributed by atoms with van der Waals surface area (Å²) < 4.78 is 4.65. The van der Waals surface area contributed by atoms with Gasteiger partial charge in [0.2, 0.25) is 0 Å². The lowest BCUT2D eigenvalue weighted by molar-refractivity contribution is 0.0601. The number of esters is 1. The van der Waals surface area contributed by atoms with E-state index in [2.05, 4.69) is 9.64 Å². The first kappa shape index (κ1) is 12.7. The summed E-state index contributed by atoms with van der Waals surface area (Å²) in [6.07, 6.45) is 0.967. The summed E-state index contributed by atoms with van der Waals surface area (Å²) in [5, 5.41) is 9.13. The number of anilines is 2. The summed E-state index contributed by atoms with van der Waals surface area (Å²) in [6.45, 7) is 1.89. The molecule has 5 heteroatoms. The van der Waals surface area contributed by atoms with Crippen LogP contribution in [0, 0.1) is 5.92 Å². The van der Waals surface area contributed by atoms with E-state index in [-0.39, 0.29) is 12.6 Å². The van der Waals surface area contributed by atoms with Crippen LogP contribution >= 0.6 is 0 Å². The van der Waals surface area contributed by atoms with Crippen LogP contribution in [-0.2, 0) is 4.74 Å². The lowest BCUT2D eigenvalue weighted by atomic mass is 10.1. The molecule has 5 nitrogen and oxygen atoms in total. The maximum atomic E-state index is 11.4. The molecule has 1 atom stereocenters. The Bertz CT molecular complexity index is 448. The van der Waals surface area contributed by atoms with E-state index in [1.54, 1.807) is 12.1 Å². The molecule has 0 aliphatic carbocycles. The number of methoxy groups -OCH3 is 1. The van der Waals surface area contributed by atoms with E-state index in [0.29, 0.717) is 17.2 Å². The predicted molar refractivity (Wildman–Crippen MR) is 69.6 cm³/mol. The minimum absolute atomic E-state index is 0.205. The third kappa shape index (κ3) is 2.41. The van der Waals surface area contributed by atoms with Gasteiger partial charge in [0.05, 0.1) is 24.0 Å². The Morgan fingerprint density at radius 1 is 1.61 bits per heavy atom. The third-order valence-corrected chi connectivity index (χ3v) is 3.33. The molecule has 0 spiro atoms. The first-order valence-corrected chi connectivity index (χ1v) is 5.99. The van der Waals surface area contributed by atoms with Gasteiger partial charge in [0, 0.05) is 25.6 Å². The summed E-state index contributed by atoms with van der Waals surface area (Å²) in [4.78, 5) is 13.5. The monoisotopic (exact) mass is 250 g/mol. The largest absolute Gasteiger partial charge is 0.465 e. The molecule has 0 saturated carbocycles. The Kier molecular flexibility index (Phi) is 3.72. The number of carbonyl (C=O) groups excluding carboxylic acids is 1. The van der Waals surface area contributed by atoms with Gasteiger partial charge in [-0.25, -0.2) is 4.79 Å². The standard InChI is InChI=1S/C13H18N2O3/c1-18-13(17)10-2-3-12(11(14)6-10)15-5-4-9(7-15)8-16/h2-3,6,9,16H,4-5,7-8,14H2,1H3. The molecule has 3 N–H and O–H groups in total. The average molecular weight is 250 g/mol. The van der Waals surface area contributed by atoms with Crippen molar-refractivity contribution in [2.24, 2.45) is 5.92 Å². The van der Waals surface area contributed by atoms with Crippen molar-refractivity contribution in [2.75, 3.05) is 37.4 Å². The van der Waals surface area contributed by atoms with Crippen LogP contribution in [0.15, 0.2) is 18.2 Å². The summed E-state index contributed by atoms with van der Waals surface area (Å²) in [5.74, 6) is -0.0763. The summed E-state index contributed by atoms with van der Waals surface area (Å²) in [7, 11) is 1.35. The summed E-state index contributed by atoms with van der Waals surface area (Å²) >= 11 is 0. The number of hydrogen-bond acceptors (Lipinski definition) is 5. The van der Waals surface area contributed by atoms with Gasteiger partial charge in [-0.1, -0.05) is 0 Å². The average Bonchev–Trinajstić information content (AvgIpc) is 2.86. The molecule has 0 aromatic heterocycles. The minimum atomic E-state index is -0.386. The number of nitrogens with two attached hydrogens (primary N) is 1. The van der Waals surface area contributed by atoms with E-state index < -0.39 is 0 Å². The number of nitrogen functional groups attached to an aromatic ring is 1. The normalized spacial score (nSPS) is 19.0. The molecule has 1 aliphatic rings. The highest BCUT2D eigenvalue weighted by Gasteiger charge is 2.23. The third-order valence-electron chi connectivity index (χ3n) is 3.33. The van der Waals surface area contributed by atoms with Gasteiger partial charge in [0.25, 0.3) is 0 Å². The van der Waals surface area contributed by atoms with Gasteiger partial charge in [-0.05, 0) is 24.6 Å². The number of nitrogens with zero attached hydrogens (tertiary/aromatic N) is 1. The van der Waals surface area contributed by atoms with Gasteiger partial charge >= 0.3 is 5.97 Å². The van der Waals surface area contributed by atoms with Crippen LogP contribution in [0.1, 0.15) is 16.8 Å². The summed E-state index contributed by atoms with van der Waals surface area (Å²) in [6, 6.07) is 5.18. The molecule has 1 aromatic carbocycles. The van der Waals surface area contributed by atoms with E-state index in [9.17, 15) is 4.79 Å². The maximum Gasteiger partial charge on any atom is 0.337 e. The molecule has 1 aliphatic heterocycles. The zero-order valence-electron chi connectivity index (χ0n) is 10.4. The second-order valence-electron chi connectivity index (χ2n) is 4.55. The quantitative estimate of drug-likeness (QED) is 0.615. The molecule has 1 fully saturated rings. The fourth-order valence-corrected chi connectivity index (χ4v) is 2.29. The Morgan fingerprint density at radius 3 is 2.94 bits per heavy atom. The molecule has 0 radical (unpaired) electrons. The molecule has 1 unspecified atom stereocenters. The lowest BCUT2D eigenvalue weighted by Gasteiger charge is -2.20. The van der Waals surface area contributed by atoms with Crippen LogP contribution < -0.4 is 10.6 Å². The molecule has 98 valence electrons. The van der Waals surface area contributed by atoms with Crippen molar-refractivity contribution in [3.63, 3.8) is 0 Å². The molecular formula is C13H18N2O3. The van der Waals surface area contributed by atoms with E-state index in [4.69, 9.17) is 10.8 Å². The SMILES string of the molecule is COC(=O)c1ccc(N2CCC(CO)C2)c(N)c1. The summed E-state index contributed by atoms with van der Waals surface area (Å²) in [5.41, 5.74) is 7.91. The zero-order valence-corrected chi connectivity index (χ0v) is 10.4. The minimum Gasteiger partial charge on any atom is -0.465 e. The maximum absolute atomic E-state index is 11.4. The predicted octanol–water partition coefficient (Wildman–Crippen LogP) is 0.874. The van der Waals surface area contributed by atoms with Crippen LogP contribution in [0.2, 0.25) is 0 Å². The van der Waals surface area contributed by atoms with E-state index in [1.165, 1.54) is 7.11 Å². The molecule has 0 bridgehead atoms. The Hall–Kier alpha value is -1.75. The van der Waals surface area contributed by atoms with Crippen molar-refractivity contribution in [2.45, 2.75) is 6.42 Å². The fraction of sp³-hybridized carbons (Fsp3) is 0.462. The first-order valence-electron chi connectivity index (χ1n) is 5.99. The lowest BCUT2D eigenvalue weighted by Crippen LogP contribution is -2.21. The second kappa shape index (κ2) is 5.27. The molecule has 1 saturated heterocycles. The number of hydrogen-bond donors (Lipinski definition) is 2. The number of aliphatic hydroxyl groups excluding tert-OH is 1. The highest BCUT2D eigenvalue weighted by Crippen LogP contribution is 2.29. The van der Waals surface area contributed by atoms with Gasteiger partial charge in [0.1, 0.15) is 0 Å². The van der Waals surface area contributed by atoms with Crippen molar-refractivity contribution >= 4 is 17.3 Å². The highest BCUT2D eigenvalue weighted by molar-refractivity contribution is 5.92. The van der Waals surface area contributed by atoms with Crippen molar-refractivity contribution in [1.29, 1.82) is 0 Å². The van der Waals surface area contributed by atoms with Gasteiger partial charge in [-0.3, -0.25) is 0 Å². The van der Waals surface area contributed by atoms with Crippen LogP contribution in [-0.4, -0.2) is 37.9 Å². The van der Waals surface area contributed by atoms with Crippen molar-refractivity contribution in [3.05, 3.63) is 23.8 Å². The Balaban J connectivity index is 2.18. The topological polar surface area (TPSA) is 75.8 Å². The van der Waals surface area contributed by atoms with Gasteiger partial charge in [0.15, 0.2) is 0 Å². The first-order chi connectivity index (χ1) is 8.65. The Morgan fingerprint density at radius 2 is 2.39 bits per heavy atom. The van der Waals surface area contributed by atoms with Crippen LogP contribution in [0.25, 0.3) is 0 Å². The fourth-order valence-electron chi connectivity index (χ4n) is 2.29. The van der Waals surface area contributed by atoms with E-state index >= 15 is 0 Å².